The maximum Gasteiger partial charge on any atom is 0.282 e. The molecule has 0 aromatic heterocycles. The molecule has 0 aromatic carbocycles. The van der Waals surface area contributed by atoms with Gasteiger partial charge in [0.05, 0.1) is 6.61 Å². The van der Waals surface area contributed by atoms with Crippen LogP contribution in [0.2, 0.25) is 0 Å². The summed E-state index contributed by atoms with van der Waals surface area (Å²) in [5, 5.41) is 9.40. The molecule has 19 heavy (non-hydrogen) atoms. The molecule has 2 saturated heterocycles. The molecule has 2 unspecified atom stereocenters. The quantitative estimate of drug-likeness (QED) is 0.776. The first kappa shape index (κ1) is 15.2. The molecule has 0 aromatic rings. The largest absolute Gasteiger partial charge is 0.395 e. The highest BCUT2D eigenvalue weighted by atomic mass is 32.2. The molecule has 2 heterocycles. The number of piperidine rings is 1. The van der Waals surface area contributed by atoms with Crippen molar-refractivity contribution in [2.24, 2.45) is 0 Å². The summed E-state index contributed by atoms with van der Waals surface area (Å²) in [6, 6.07) is -0.254. The van der Waals surface area contributed by atoms with E-state index in [9.17, 15) is 13.5 Å². The molecule has 7 heteroatoms. The molecule has 6 nitrogen and oxygen atoms in total. The molecule has 2 rings (SSSR count). The Bertz CT molecular complexity index is 401. The summed E-state index contributed by atoms with van der Waals surface area (Å²) < 4.78 is 28.6. The van der Waals surface area contributed by atoms with Gasteiger partial charge in [-0.15, -0.1) is 0 Å². The smallest absolute Gasteiger partial charge is 0.282 e. The van der Waals surface area contributed by atoms with Crippen LogP contribution in [0.4, 0.5) is 0 Å². The third-order valence-corrected chi connectivity index (χ3v) is 6.35. The maximum atomic E-state index is 12.7. The molecule has 2 atom stereocenters. The minimum atomic E-state index is -3.44. The Balaban J connectivity index is 2.16. The minimum Gasteiger partial charge on any atom is -0.395 e. The Morgan fingerprint density at radius 1 is 1.16 bits per heavy atom. The highest BCUT2D eigenvalue weighted by molar-refractivity contribution is 7.86. The molecular formula is C12H25N3O3S. The van der Waals surface area contributed by atoms with Crippen molar-refractivity contribution in [1.82, 2.24) is 13.5 Å². The normalized spacial score (nSPS) is 32.6. The van der Waals surface area contributed by atoms with E-state index in [0.29, 0.717) is 13.1 Å². The summed E-state index contributed by atoms with van der Waals surface area (Å²) in [7, 11) is -1.43. The van der Waals surface area contributed by atoms with Crippen molar-refractivity contribution in [1.29, 1.82) is 0 Å². The number of nitrogens with zero attached hydrogens (tertiary/aromatic N) is 3. The average molecular weight is 291 g/mol. The van der Waals surface area contributed by atoms with Gasteiger partial charge < -0.3 is 10.0 Å². The first-order chi connectivity index (χ1) is 8.96. The van der Waals surface area contributed by atoms with Crippen molar-refractivity contribution in [3.8, 4) is 0 Å². The van der Waals surface area contributed by atoms with Crippen molar-refractivity contribution >= 4 is 10.2 Å². The second kappa shape index (κ2) is 6.05. The molecule has 112 valence electrons. The summed E-state index contributed by atoms with van der Waals surface area (Å²) in [6.45, 7) is 4.46. The fourth-order valence-corrected chi connectivity index (χ4v) is 5.07. The Kier molecular flexibility index (Phi) is 4.84. The lowest BCUT2D eigenvalue weighted by Gasteiger charge is -2.42. The molecule has 1 N–H and O–H groups in total. The van der Waals surface area contributed by atoms with Crippen molar-refractivity contribution < 1.29 is 13.5 Å². The monoisotopic (exact) mass is 291 g/mol. The van der Waals surface area contributed by atoms with Crippen molar-refractivity contribution in [2.45, 2.75) is 38.3 Å². The zero-order valence-corrected chi connectivity index (χ0v) is 12.6. The van der Waals surface area contributed by atoms with Gasteiger partial charge >= 0.3 is 0 Å². The van der Waals surface area contributed by atoms with Gasteiger partial charge in [0.2, 0.25) is 0 Å². The van der Waals surface area contributed by atoms with Crippen molar-refractivity contribution in [3.63, 3.8) is 0 Å². The molecule has 0 saturated carbocycles. The number of piperazine rings is 1. The highest BCUT2D eigenvalue weighted by Gasteiger charge is 2.39. The minimum absolute atomic E-state index is 0.00924. The predicted molar refractivity (Wildman–Crippen MR) is 74.0 cm³/mol. The Morgan fingerprint density at radius 2 is 1.89 bits per heavy atom. The SMILES string of the molecule is CC1CN(C)CCN1S(=O)(=O)N1CCCCC1CO. The number of hydrogen-bond acceptors (Lipinski definition) is 4. The second-order valence-corrected chi connectivity index (χ2v) is 7.51. The van der Waals surface area contributed by atoms with Crippen LogP contribution in [-0.2, 0) is 10.2 Å². The predicted octanol–water partition coefficient (Wildman–Crippen LogP) is -0.286. The van der Waals surface area contributed by atoms with Gasteiger partial charge in [0, 0.05) is 38.3 Å². The van der Waals surface area contributed by atoms with Gasteiger partial charge in [-0.1, -0.05) is 6.42 Å². The summed E-state index contributed by atoms with van der Waals surface area (Å²) >= 11 is 0. The first-order valence-electron chi connectivity index (χ1n) is 7.05. The zero-order chi connectivity index (χ0) is 14.0. The molecular weight excluding hydrogens is 266 g/mol. The first-order valence-corrected chi connectivity index (χ1v) is 8.44. The lowest BCUT2D eigenvalue weighted by Crippen LogP contribution is -2.59. The fourth-order valence-electron chi connectivity index (χ4n) is 3.06. The Hall–Kier alpha value is -0.210. The lowest BCUT2D eigenvalue weighted by molar-refractivity contribution is 0.127. The molecule has 0 bridgehead atoms. The lowest BCUT2D eigenvalue weighted by atomic mass is 10.1. The summed E-state index contributed by atoms with van der Waals surface area (Å²) in [6.07, 6.45) is 2.64. The van der Waals surface area contributed by atoms with Gasteiger partial charge in [-0.25, -0.2) is 0 Å². The average Bonchev–Trinajstić information content (AvgIpc) is 2.38. The van der Waals surface area contributed by atoms with Crippen LogP contribution in [0.25, 0.3) is 0 Å². The van der Waals surface area contributed by atoms with Gasteiger partial charge in [0.15, 0.2) is 0 Å². The van der Waals surface area contributed by atoms with Crippen LogP contribution in [0.5, 0.6) is 0 Å². The van der Waals surface area contributed by atoms with E-state index in [-0.39, 0.29) is 18.7 Å². The van der Waals surface area contributed by atoms with Crippen LogP contribution in [0.1, 0.15) is 26.2 Å². The molecule has 2 aliphatic rings. The molecule has 0 spiro atoms. The summed E-state index contributed by atoms with van der Waals surface area (Å²) in [4.78, 5) is 2.15. The molecule has 0 aliphatic carbocycles. The van der Waals surface area contributed by atoms with Crippen LogP contribution in [0, 0.1) is 0 Å². The third-order valence-electron chi connectivity index (χ3n) is 4.15. The molecule has 0 amide bonds. The van der Waals surface area contributed by atoms with Gasteiger partial charge in [-0.2, -0.15) is 17.0 Å². The van der Waals surface area contributed by atoms with E-state index in [1.165, 1.54) is 4.31 Å². The van der Waals surface area contributed by atoms with E-state index in [2.05, 4.69) is 4.90 Å². The number of likely N-dealkylation sites (N-methyl/N-ethyl adjacent to an activating group) is 1. The number of aliphatic hydroxyl groups is 1. The van der Waals surface area contributed by atoms with Gasteiger partial charge in [-0.05, 0) is 26.8 Å². The maximum absolute atomic E-state index is 12.7. The summed E-state index contributed by atoms with van der Waals surface area (Å²) in [5.74, 6) is 0. The molecule has 2 aliphatic heterocycles. The van der Waals surface area contributed by atoms with Crippen LogP contribution < -0.4 is 0 Å². The standard InChI is InChI=1S/C12H25N3O3S/c1-11-9-13(2)7-8-14(11)19(17,18)15-6-4-3-5-12(15)10-16/h11-12,16H,3-10H2,1-2H3. The van der Waals surface area contributed by atoms with Crippen molar-refractivity contribution in [2.75, 3.05) is 39.8 Å². The van der Waals surface area contributed by atoms with Crippen LogP contribution >= 0.6 is 0 Å². The second-order valence-electron chi connectivity index (χ2n) is 5.67. The molecule has 0 radical (unpaired) electrons. The van der Waals surface area contributed by atoms with Gasteiger partial charge in [0.1, 0.15) is 0 Å². The molecule has 2 fully saturated rings. The zero-order valence-electron chi connectivity index (χ0n) is 11.8. The topological polar surface area (TPSA) is 64.1 Å². The number of hydrogen-bond donors (Lipinski definition) is 1. The number of aliphatic hydroxyl groups excluding tert-OH is 1. The van der Waals surface area contributed by atoms with Gasteiger partial charge in [0.25, 0.3) is 10.2 Å². The fraction of sp³-hybridized carbons (Fsp3) is 1.00. The summed E-state index contributed by atoms with van der Waals surface area (Å²) in [5.41, 5.74) is 0. The number of rotatable bonds is 3. The Labute approximate surface area is 116 Å². The van der Waals surface area contributed by atoms with Crippen LogP contribution in [0.3, 0.4) is 0 Å². The van der Waals surface area contributed by atoms with E-state index >= 15 is 0 Å². The third kappa shape index (κ3) is 3.11. The van der Waals surface area contributed by atoms with Gasteiger partial charge in [-0.3, -0.25) is 0 Å². The van der Waals surface area contributed by atoms with Crippen LogP contribution in [-0.4, -0.2) is 79.0 Å². The van der Waals surface area contributed by atoms with E-state index < -0.39 is 10.2 Å². The van der Waals surface area contributed by atoms with E-state index in [1.54, 1.807) is 4.31 Å². The Morgan fingerprint density at radius 3 is 2.53 bits per heavy atom. The van der Waals surface area contributed by atoms with Crippen LogP contribution in [0.15, 0.2) is 0 Å². The van der Waals surface area contributed by atoms with E-state index in [0.717, 1.165) is 32.4 Å². The van der Waals surface area contributed by atoms with Crippen molar-refractivity contribution in [3.05, 3.63) is 0 Å². The van der Waals surface area contributed by atoms with E-state index in [1.807, 2.05) is 14.0 Å². The highest BCUT2D eigenvalue weighted by Crippen LogP contribution is 2.24. The van der Waals surface area contributed by atoms with E-state index in [4.69, 9.17) is 0 Å².